The van der Waals surface area contributed by atoms with Crippen molar-refractivity contribution in [1.82, 2.24) is 0 Å². The van der Waals surface area contributed by atoms with Gasteiger partial charge in [-0.25, -0.2) is 0 Å². The Hall–Kier alpha value is -1.11. The predicted molar refractivity (Wildman–Crippen MR) is 95.8 cm³/mol. The lowest BCUT2D eigenvalue weighted by atomic mass is 10.1. The van der Waals surface area contributed by atoms with Gasteiger partial charge in [-0.1, -0.05) is 30.3 Å². The number of carbonyl (C=O) groups excluding carboxylic acids is 1. The fourth-order valence-corrected chi connectivity index (χ4v) is 6.50. The maximum atomic E-state index is 11.4. The Kier molecular flexibility index (Phi) is 4.31. The van der Waals surface area contributed by atoms with E-state index in [1.54, 1.807) is 6.92 Å². The van der Waals surface area contributed by atoms with E-state index in [0.717, 1.165) is 35.5 Å². The van der Waals surface area contributed by atoms with Crippen LogP contribution in [0.1, 0.15) is 18.9 Å². The summed E-state index contributed by atoms with van der Waals surface area (Å²) in [7, 11) is 0. The van der Waals surface area contributed by atoms with Gasteiger partial charge in [-0.3, -0.25) is 4.79 Å². The molecular weight excluding hydrogens is 344 g/mol. The van der Waals surface area contributed by atoms with E-state index in [0.29, 0.717) is 12.4 Å². The molecule has 0 saturated carbocycles. The highest BCUT2D eigenvalue weighted by atomic mass is 32.2. The highest BCUT2D eigenvalue weighted by Crippen LogP contribution is 2.59. The Morgan fingerprint density at radius 3 is 2.75 bits per heavy atom. The van der Waals surface area contributed by atoms with Crippen LogP contribution in [0, 0.1) is 0 Å². The Labute approximate surface area is 150 Å². The third kappa shape index (κ3) is 2.85. The smallest absolute Gasteiger partial charge is 0.194 e. The molecule has 0 radical (unpaired) electrons. The minimum absolute atomic E-state index is 0.110. The van der Waals surface area contributed by atoms with E-state index in [2.05, 4.69) is 0 Å². The summed E-state index contributed by atoms with van der Waals surface area (Å²) in [4.78, 5) is 11.4. The van der Waals surface area contributed by atoms with Gasteiger partial charge in [0.1, 0.15) is 16.8 Å². The summed E-state index contributed by atoms with van der Waals surface area (Å²) in [5.74, 6) is 3.79. The molecule has 1 unspecified atom stereocenters. The molecule has 4 rings (SSSR count). The predicted octanol–water partition coefficient (Wildman–Crippen LogP) is 3.37. The first kappa shape index (κ1) is 16.4. The Morgan fingerprint density at radius 2 is 2.04 bits per heavy atom. The second-order valence-corrected chi connectivity index (χ2v) is 9.50. The van der Waals surface area contributed by atoms with Crippen LogP contribution in [0.2, 0.25) is 0 Å². The van der Waals surface area contributed by atoms with Crippen molar-refractivity contribution >= 4 is 29.8 Å². The standard InChI is InChI=1S/C18H20O4S2/c1-17(11-19)12-21-16-15(22-17)14(9-18(16)23-7-8-24-18)20-10-13-5-3-2-4-6-13/h2-6,11,14H,7-10,12H2,1H3/t14-,17?/m1/s1. The highest BCUT2D eigenvalue weighted by molar-refractivity contribution is 8.21. The molecule has 1 aromatic carbocycles. The van der Waals surface area contributed by atoms with Crippen molar-refractivity contribution in [2.24, 2.45) is 0 Å². The lowest BCUT2D eigenvalue weighted by Gasteiger charge is -2.34. The lowest BCUT2D eigenvalue weighted by molar-refractivity contribution is -0.139. The van der Waals surface area contributed by atoms with E-state index in [1.165, 1.54) is 0 Å². The number of benzene rings is 1. The summed E-state index contributed by atoms with van der Waals surface area (Å²) >= 11 is 3.81. The zero-order chi connectivity index (χ0) is 16.6. The summed E-state index contributed by atoms with van der Waals surface area (Å²) in [5.41, 5.74) is 0.203. The number of hydrogen-bond donors (Lipinski definition) is 0. The van der Waals surface area contributed by atoms with Crippen LogP contribution >= 0.6 is 23.5 Å². The maximum Gasteiger partial charge on any atom is 0.194 e. The third-order valence-electron chi connectivity index (χ3n) is 4.46. The first-order valence-corrected chi connectivity index (χ1v) is 10.1. The number of fused-ring (bicyclic) bond motifs is 1. The zero-order valence-electron chi connectivity index (χ0n) is 13.5. The monoisotopic (exact) mass is 364 g/mol. The van der Waals surface area contributed by atoms with E-state index in [4.69, 9.17) is 14.2 Å². The maximum absolute atomic E-state index is 11.4. The van der Waals surface area contributed by atoms with E-state index in [1.807, 2.05) is 53.9 Å². The first-order chi connectivity index (χ1) is 11.6. The normalized spacial score (nSPS) is 30.8. The minimum Gasteiger partial charge on any atom is -0.487 e. The van der Waals surface area contributed by atoms with Gasteiger partial charge >= 0.3 is 0 Å². The number of thioether (sulfide) groups is 2. The van der Waals surface area contributed by atoms with E-state index in [-0.39, 0.29) is 16.8 Å². The summed E-state index contributed by atoms with van der Waals surface area (Å²) in [6.45, 7) is 2.55. The number of aldehydes is 1. The van der Waals surface area contributed by atoms with E-state index < -0.39 is 5.60 Å². The molecule has 0 amide bonds. The average molecular weight is 364 g/mol. The zero-order valence-corrected chi connectivity index (χ0v) is 15.2. The van der Waals surface area contributed by atoms with Gasteiger partial charge in [-0.15, -0.1) is 23.5 Å². The third-order valence-corrected chi connectivity index (χ3v) is 7.88. The van der Waals surface area contributed by atoms with Gasteiger partial charge < -0.3 is 14.2 Å². The highest BCUT2D eigenvalue weighted by Gasteiger charge is 2.56. The molecule has 1 aliphatic carbocycles. The van der Waals surface area contributed by atoms with Crippen LogP contribution in [-0.2, 0) is 25.6 Å². The summed E-state index contributed by atoms with van der Waals surface area (Å²) in [5, 5.41) is 0. The van der Waals surface area contributed by atoms with Crippen molar-refractivity contribution in [3.8, 4) is 0 Å². The molecule has 1 spiro atoms. The van der Waals surface area contributed by atoms with Crippen LogP contribution in [-0.4, -0.2) is 40.2 Å². The van der Waals surface area contributed by atoms with Crippen molar-refractivity contribution in [3.63, 3.8) is 0 Å². The Bertz CT molecular complexity index is 654. The molecule has 0 bridgehead atoms. The molecule has 1 aromatic rings. The molecule has 4 nitrogen and oxygen atoms in total. The molecule has 2 atom stereocenters. The van der Waals surface area contributed by atoms with Crippen LogP contribution < -0.4 is 0 Å². The second kappa shape index (κ2) is 6.32. The van der Waals surface area contributed by atoms with Gasteiger partial charge in [-0.2, -0.15) is 0 Å². The van der Waals surface area contributed by atoms with E-state index in [9.17, 15) is 4.79 Å². The van der Waals surface area contributed by atoms with Crippen LogP contribution in [0.4, 0.5) is 0 Å². The van der Waals surface area contributed by atoms with Crippen molar-refractivity contribution in [2.45, 2.75) is 35.7 Å². The van der Waals surface area contributed by atoms with Gasteiger partial charge in [-0.05, 0) is 12.5 Å². The molecule has 2 aliphatic heterocycles. The van der Waals surface area contributed by atoms with Gasteiger partial charge in [0.25, 0.3) is 0 Å². The van der Waals surface area contributed by atoms with Gasteiger partial charge in [0.15, 0.2) is 23.4 Å². The number of rotatable bonds is 4. The minimum atomic E-state index is -0.924. The van der Waals surface area contributed by atoms with Gasteiger partial charge in [0, 0.05) is 17.9 Å². The topological polar surface area (TPSA) is 44.8 Å². The van der Waals surface area contributed by atoms with Gasteiger partial charge in [0.05, 0.1) is 6.61 Å². The second-order valence-electron chi connectivity index (χ2n) is 6.45. The lowest BCUT2D eigenvalue weighted by Crippen LogP contribution is -2.41. The van der Waals surface area contributed by atoms with Crippen molar-refractivity contribution < 1.29 is 19.0 Å². The summed E-state index contributed by atoms with van der Waals surface area (Å²) in [6.07, 6.45) is 1.48. The fraction of sp³-hybridized carbons (Fsp3) is 0.500. The molecular formula is C18H20O4S2. The number of ether oxygens (including phenoxy) is 3. The molecule has 0 aromatic heterocycles. The van der Waals surface area contributed by atoms with Crippen molar-refractivity contribution in [3.05, 3.63) is 47.4 Å². The summed E-state index contributed by atoms with van der Waals surface area (Å²) in [6, 6.07) is 10.1. The molecule has 0 N–H and O–H groups in total. The molecule has 2 heterocycles. The quantitative estimate of drug-likeness (QED) is 0.764. The van der Waals surface area contributed by atoms with Crippen LogP contribution in [0.25, 0.3) is 0 Å². The molecule has 3 aliphatic rings. The molecule has 1 fully saturated rings. The van der Waals surface area contributed by atoms with Crippen molar-refractivity contribution in [2.75, 3.05) is 18.1 Å². The van der Waals surface area contributed by atoms with E-state index >= 15 is 0 Å². The van der Waals surface area contributed by atoms with Crippen molar-refractivity contribution in [1.29, 1.82) is 0 Å². The molecule has 24 heavy (non-hydrogen) atoms. The Balaban J connectivity index is 1.57. The SMILES string of the molecule is CC1(C=O)COC2=C(O1)[C@H](OCc1ccccc1)CC21SCCS1. The first-order valence-electron chi connectivity index (χ1n) is 8.10. The number of carbonyl (C=O) groups is 1. The average Bonchev–Trinajstić information content (AvgIpc) is 3.20. The van der Waals surface area contributed by atoms with Crippen LogP contribution in [0.15, 0.2) is 41.9 Å². The largest absolute Gasteiger partial charge is 0.487 e. The number of hydrogen-bond acceptors (Lipinski definition) is 6. The fourth-order valence-electron chi connectivity index (χ4n) is 3.22. The van der Waals surface area contributed by atoms with Crippen LogP contribution in [0.3, 0.4) is 0 Å². The Morgan fingerprint density at radius 1 is 1.29 bits per heavy atom. The van der Waals surface area contributed by atoms with Crippen LogP contribution in [0.5, 0.6) is 0 Å². The molecule has 6 heteroatoms. The molecule has 1 saturated heterocycles. The molecule has 128 valence electrons. The van der Waals surface area contributed by atoms with Gasteiger partial charge in [0.2, 0.25) is 0 Å². The summed E-state index contributed by atoms with van der Waals surface area (Å²) < 4.78 is 18.2.